The molecular weight excluding hydrogens is 457 g/mol. The van der Waals surface area contributed by atoms with Gasteiger partial charge in [-0.25, -0.2) is 4.39 Å². The first-order chi connectivity index (χ1) is 16.5. The van der Waals surface area contributed by atoms with E-state index < -0.39 is 0 Å². The van der Waals surface area contributed by atoms with Crippen molar-refractivity contribution in [2.75, 3.05) is 44.2 Å². The summed E-state index contributed by atoms with van der Waals surface area (Å²) in [5.41, 5.74) is 1.83. The van der Waals surface area contributed by atoms with Gasteiger partial charge in [0.1, 0.15) is 5.82 Å². The highest BCUT2D eigenvalue weighted by molar-refractivity contribution is 6.30. The number of aromatic nitrogens is 2. The summed E-state index contributed by atoms with van der Waals surface area (Å²) in [6.07, 6.45) is 1.65. The molecule has 5 rings (SSSR count). The van der Waals surface area contributed by atoms with Gasteiger partial charge < -0.3 is 14.3 Å². The van der Waals surface area contributed by atoms with E-state index in [4.69, 9.17) is 16.1 Å². The molecule has 3 aromatic rings. The van der Waals surface area contributed by atoms with Crippen LogP contribution in [0.1, 0.15) is 18.7 Å². The van der Waals surface area contributed by atoms with Crippen LogP contribution in [0, 0.1) is 11.7 Å². The van der Waals surface area contributed by atoms with Crippen molar-refractivity contribution in [1.82, 2.24) is 19.9 Å². The van der Waals surface area contributed by atoms with Crippen LogP contribution in [-0.2, 0) is 11.3 Å². The Balaban J connectivity index is 1.09. The van der Waals surface area contributed by atoms with Gasteiger partial charge in [0.2, 0.25) is 17.6 Å². The molecule has 34 heavy (non-hydrogen) atoms. The van der Waals surface area contributed by atoms with Gasteiger partial charge in [-0.15, -0.1) is 0 Å². The Kier molecular flexibility index (Phi) is 6.78. The maximum Gasteiger partial charge on any atom is 0.241 e. The van der Waals surface area contributed by atoms with Gasteiger partial charge in [-0.3, -0.25) is 9.69 Å². The average molecular weight is 484 g/mol. The number of carbonyl (C=O) groups is 1. The highest BCUT2D eigenvalue weighted by Crippen LogP contribution is 2.25. The van der Waals surface area contributed by atoms with Crippen molar-refractivity contribution in [3.05, 3.63) is 65.3 Å². The molecule has 1 amide bonds. The van der Waals surface area contributed by atoms with Gasteiger partial charge in [0.25, 0.3) is 0 Å². The van der Waals surface area contributed by atoms with E-state index in [1.54, 1.807) is 12.1 Å². The first-order valence-electron chi connectivity index (χ1n) is 11.7. The summed E-state index contributed by atoms with van der Waals surface area (Å²) >= 11 is 6.12. The second kappa shape index (κ2) is 10.1. The zero-order chi connectivity index (χ0) is 23.5. The van der Waals surface area contributed by atoms with Gasteiger partial charge >= 0.3 is 0 Å². The third-order valence-corrected chi connectivity index (χ3v) is 6.87. The number of halogens is 2. The van der Waals surface area contributed by atoms with Crippen LogP contribution in [0.15, 0.2) is 53.1 Å². The molecule has 2 aromatic carbocycles. The van der Waals surface area contributed by atoms with Crippen LogP contribution in [0.5, 0.6) is 0 Å². The number of hydrogen-bond donors (Lipinski definition) is 0. The molecule has 0 unspecified atom stereocenters. The maximum atomic E-state index is 13.1. The van der Waals surface area contributed by atoms with Crippen molar-refractivity contribution in [1.29, 1.82) is 0 Å². The lowest BCUT2D eigenvalue weighted by Crippen LogP contribution is -2.51. The van der Waals surface area contributed by atoms with Gasteiger partial charge in [-0.2, -0.15) is 4.98 Å². The highest BCUT2D eigenvalue weighted by atomic mass is 35.5. The van der Waals surface area contributed by atoms with Crippen LogP contribution in [0.25, 0.3) is 11.4 Å². The number of piperazine rings is 1. The number of amides is 1. The zero-order valence-electron chi connectivity index (χ0n) is 18.9. The Morgan fingerprint density at radius 1 is 1.03 bits per heavy atom. The van der Waals surface area contributed by atoms with Crippen molar-refractivity contribution in [2.24, 2.45) is 5.92 Å². The predicted molar refractivity (Wildman–Crippen MR) is 128 cm³/mol. The van der Waals surface area contributed by atoms with E-state index >= 15 is 0 Å². The van der Waals surface area contributed by atoms with E-state index in [0.29, 0.717) is 18.3 Å². The largest absolute Gasteiger partial charge is 0.368 e. The minimum absolute atomic E-state index is 0.0615. The molecule has 3 heterocycles. The summed E-state index contributed by atoms with van der Waals surface area (Å²) in [5, 5.41) is 4.74. The maximum absolute atomic E-state index is 13.1. The molecule has 9 heteroatoms. The molecule has 2 aliphatic heterocycles. The van der Waals surface area contributed by atoms with Gasteiger partial charge in [-0.1, -0.05) is 22.8 Å². The van der Waals surface area contributed by atoms with Gasteiger partial charge in [0.15, 0.2) is 0 Å². The lowest BCUT2D eigenvalue weighted by atomic mass is 9.95. The molecule has 0 saturated carbocycles. The number of likely N-dealkylation sites (tertiary alicyclic amines) is 1. The van der Waals surface area contributed by atoms with E-state index in [2.05, 4.69) is 26.0 Å². The number of hydrogen-bond acceptors (Lipinski definition) is 6. The molecule has 2 fully saturated rings. The molecule has 1 aromatic heterocycles. The average Bonchev–Trinajstić information content (AvgIpc) is 3.33. The quantitative estimate of drug-likeness (QED) is 0.544. The predicted octanol–water partition coefficient (Wildman–Crippen LogP) is 4.09. The number of benzene rings is 2. The Morgan fingerprint density at radius 3 is 2.47 bits per heavy atom. The van der Waals surface area contributed by atoms with Gasteiger partial charge in [-0.05, 0) is 68.4 Å². The van der Waals surface area contributed by atoms with Crippen molar-refractivity contribution in [2.45, 2.75) is 19.4 Å². The summed E-state index contributed by atoms with van der Waals surface area (Å²) in [6.45, 7) is 5.28. The highest BCUT2D eigenvalue weighted by Gasteiger charge is 2.31. The molecule has 0 spiro atoms. The molecule has 0 aliphatic carbocycles. The Morgan fingerprint density at radius 2 is 1.76 bits per heavy atom. The minimum atomic E-state index is -0.298. The topological polar surface area (TPSA) is 65.7 Å². The molecular formula is C25H27ClFN5O2. The second-order valence-electron chi connectivity index (χ2n) is 8.86. The molecule has 178 valence electrons. The zero-order valence-corrected chi connectivity index (χ0v) is 19.6. The van der Waals surface area contributed by atoms with E-state index in [1.165, 1.54) is 12.1 Å². The Hall–Kier alpha value is -2.97. The SMILES string of the molecule is O=C(C1CCN(Cc2nc(-c3ccc(F)cc3)no2)CC1)N1CCN(c2cccc(Cl)c2)CC1. The summed E-state index contributed by atoms with van der Waals surface area (Å²) in [6, 6.07) is 13.9. The molecule has 2 aliphatic rings. The van der Waals surface area contributed by atoms with Crippen LogP contribution in [0.4, 0.5) is 10.1 Å². The van der Waals surface area contributed by atoms with E-state index in [1.807, 2.05) is 23.1 Å². The second-order valence-corrected chi connectivity index (χ2v) is 9.30. The van der Waals surface area contributed by atoms with E-state index in [0.717, 1.165) is 68.4 Å². The smallest absolute Gasteiger partial charge is 0.241 e. The molecule has 0 atom stereocenters. The molecule has 0 bridgehead atoms. The summed E-state index contributed by atoms with van der Waals surface area (Å²) in [7, 11) is 0. The van der Waals surface area contributed by atoms with Gasteiger partial charge in [0.05, 0.1) is 6.54 Å². The lowest BCUT2D eigenvalue weighted by Gasteiger charge is -2.39. The summed E-state index contributed by atoms with van der Waals surface area (Å²) < 4.78 is 18.5. The number of nitrogens with zero attached hydrogens (tertiary/aromatic N) is 5. The van der Waals surface area contributed by atoms with Crippen LogP contribution in [0.3, 0.4) is 0 Å². The number of anilines is 1. The lowest BCUT2D eigenvalue weighted by molar-refractivity contribution is -0.137. The molecule has 0 N–H and O–H groups in total. The molecule has 2 saturated heterocycles. The molecule has 0 radical (unpaired) electrons. The van der Waals surface area contributed by atoms with Crippen molar-refractivity contribution in [3.8, 4) is 11.4 Å². The van der Waals surface area contributed by atoms with Crippen molar-refractivity contribution >= 4 is 23.2 Å². The Bertz CT molecular complexity index is 1120. The number of rotatable bonds is 5. The fourth-order valence-corrected chi connectivity index (χ4v) is 4.87. The normalized spacial score (nSPS) is 17.8. The minimum Gasteiger partial charge on any atom is -0.368 e. The first-order valence-corrected chi connectivity index (χ1v) is 12.0. The number of piperidine rings is 1. The van der Waals surface area contributed by atoms with Crippen molar-refractivity contribution in [3.63, 3.8) is 0 Å². The fourth-order valence-electron chi connectivity index (χ4n) is 4.68. The van der Waals surface area contributed by atoms with E-state index in [9.17, 15) is 9.18 Å². The summed E-state index contributed by atoms with van der Waals surface area (Å²) in [4.78, 5) is 24.1. The van der Waals surface area contributed by atoms with Crippen LogP contribution in [-0.4, -0.2) is 65.1 Å². The third-order valence-electron chi connectivity index (χ3n) is 6.63. The van der Waals surface area contributed by atoms with Crippen LogP contribution in [0.2, 0.25) is 5.02 Å². The number of carbonyl (C=O) groups excluding carboxylic acids is 1. The van der Waals surface area contributed by atoms with Gasteiger partial charge in [0, 0.05) is 48.4 Å². The third kappa shape index (κ3) is 5.23. The van der Waals surface area contributed by atoms with E-state index in [-0.39, 0.29) is 17.6 Å². The first kappa shape index (κ1) is 22.8. The Labute approximate surface area is 203 Å². The van der Waals surface area contributed by atoms with Crippen molar-refractivity contribution < 1.29 is 13.7 Å². The summed E-state index contributed by atoms with van der Waals surface area (Å²) in [5.74, 6) is 1.01. The van der Waals surface area contributed by atoms with Crippen LogP contribution >= 0.6 is 11.6 Å². The molecule has 7 nitrogen and oxygen atoms in total. The standard InChI is InChI=1S/C25H27ClFN5O2/c26-20-2-1-3-22(16-20)31-12-14-32(15-13-31)25(33)19-8-10-30(11-9-19)17-23-28-24(29-34-23)18-4-6-21(27)7-5-18/h1-7,16,19H,8-15,17H2. The fraction of sp³-hybridized carbons (Fsp3) is 0.400. The monoisotopic (exact) mass is 483 g/mol. The van der Waals surface area contributed by atoms with Crippen LogP contribution < -0.4 is 4.90 Å².